The van der Waals surface area contributed by atoms with Gasteiger partial charge in [0.2, 0.25) is 0 Å². The summed E-state index contributed by atoms with van der Waals surface area (Å²) in [6.45, 7) is 3.13. The highest BCUT2D eigenvalue weighted by atomic mass is 16.5. The Labute approximate surface area is 109 Å². The Kier molecular flexibility index (Phi) is 6.39. The Morgan fingerprint density at radius 2 is 2.17 bits per heavy atom. The lowest BCUT2D eigenvalue weighted by molar-refractivity contribution is 0.0949. The zero-order valence-corrected chi connectivity index (χ0v) is 11.1. The average Bonchev–Trinajstić information content (AvgIpc) is 2.38. The molecular formula is C14H22N2O2. The topological polar surface area (TPSA) is 64.4 Å². The summed E-state index contributed by atoms with van der Waals surface area (Å²) in [5.74, 6) is -0.0305. The van der Waals surface area contributed by atoms with Crippen molar-refractivity contribution in [3.63, 3.8) is 0 Å². The third-order valence-corrected chi connectivity index (χ3v) is 2.82. The number of ether oxygens (including phenoxy) is 1. The first-order valence-electron chi connectivity index (χ1n) is 6.29. The fourth-order valence-electron chi connectivity index (χ4n) is 1.81. The maximum Gasteiger partial charge on any atom is 0.251 e. The minimum Gasteiger partial charge on any atom is -0.383 e. The van der Waals surface area contributed by atoms with Crippen LogP contribution in [0.15, 0.2) is 24.3 Å². The van der Waals surface area contributed by atoms with E-state index in [0.29, 0.717) is 19.6 Å². The van der Waals surface area contributed by atoms with Crippen molar-refractivity contribution in [1.29, 1.82) is 0 Å². The number of hydrogen-bond acceptors (Lipinski definition) is 3. The standard InChI is InChI=1S/C14H22N2O2/c1-3-11-6-4-5-7-13(11)14(17)16-9-8-12(15)10-18-2/h4-7,12H,3,8-10,15H2,1-2H3,(H,16,17). The quantitative estimate of drug-likeness (QED) is 0.767. The molecule has 0 aliphatic carbocycles. The van der Waals surface area contributed by atoms with Crippen LogP contribution in [0.2, 0.25) is 0 Å². The third kappa shape index (κ3) is 4.47. The minimum atomic E-state index is -0.0308. The molecule has 1 amide bonds. The number of aryl methyl sites for hydroxylation is 1. The van der Waals surface area contributed by atoms with Gasteiger partial charge in [-0.15, -0.1) is 0 Å². The first-order chi connectivity index (χ1) is 8.69. The maximum atomic E-state index is 12.0. The molecule has 100 valence electrons. The first kappa shape index (κ1) is 14.7. The lowest BCUT2D eigenvalue weighted by Crippen LogP contribution is -2.33. The van der Waals surface area contributed by atoms with Gasteiger partial charge in [0, 0.05) is 25.3 Å². The number of nitrogens with two attached hydrogens (primary N) is 1. The normalized spacial score (nSPS) is 12.2. The summed E-state index contributed by atoms with van der Waals surface area (Å²) in [6, 6.07) is 7.63. The number of amides is 1. The van der Waals surface area contributed by atoms with Crippen molar-refractivity contribution < 1.29 is 9.53 Å². The molecule has 3 N–H and O–H groups in total. The fraction of sp³-hybridized carbons (Fsp3) is 0.500. The Morgan fingerprint density at radius 1 is 1.44 bits per heavy atom. The van der Waals surface area contributed by atoms with Crippen molar-refractivity contribution >= 4 is 5.91 Å². The van der Waals surface area contributed by atoms with Gasteiger partial charge in [-0.25, -0.2) is 0 Å². The van der Waals surface area contributed by atoms with E-state index in [0.717, 1.165) is 17.5 Å². The maximum absolute atomic E-state index is 12.0. The molecule has 0 saturated heterocycles. The van der Waals surface area contributed by atoms with Crippen LogP contribution in [0.3, 0.4) is 0 Å². The summed E-state index contributed by atoms with van der Waals surface area (Å²) in [5, 5.41) is 2.89. The van der Waals surface area contributed by atoms with Gasteiger partial charge in [0.15, 0.2) is 0 Å². The van der Waals surface area contributed by atoms with Crippen LogP contribution in [0.1, 0.15) is 29.3 Å². The Bertz CT molecular complexity index is 380. The molecule has 0 aliphatic rings. The van der Waals surface area contributed by atoms with Crippen molar-refractivity contribution in [3.05, 3.63) is 35.4 Å². The van der Waals surface area contributed by atoms with Gasteiger partial charge in [-0.2, -0.15) is 0 Å². The largest absolute Gasteiger partial charge is 0.383 e. The van der Waals surface area contributed by atoms with Crippen LogP contribution >= 0.6 is 0 Å². The Balaban J connectivity index is 2.45. The number of methoxy groups -OCH3 is 1. The Hall–Kier alpha value is -1.39. The number of hydrogen-bond donors (Lipinski definition) is 2. The Morgan fingerprint density at radius 3 is 2.83 bits per heavy atom. The van der Waals surface area contributed by atoms with Crippen LogP contribution in [0.4, 0.5) is 0 Å². The van der Waals surface area contributed by atoms with Crippen molar-refractivity contribution in [2.45, 2.75) is 25.8 Å². The van der Waals surface area contributed by atoms with E-state index in [1.807, 2.05) is 31.2 Å². The van der Waals surface area contributed by atoms with Gasteiger partial charge in [-0.1, -0.05) is 25.1 Å². The molecule has 0 aliphatic heterocycles. The summed E-state index contributed by atoms with van der Waals surface area (Å²) in [7, 11) is 1.62. The smallest absolute Gasteiger partial charge is 0.251 e. The SMILES string of the molecule is CCc1ccccc1C(=O)NCCC(N)COC. The second kappa shape index (κ2) is 7.84. The second-order valence-corrected chi connectivity index (χ2v) is 4.27. The van der Waals surface area contributed by atoms with E-state index >= 15 is 0 Å². The molecule has 1 atom stereocenters. The predicted molar refractivity (Wildman–Crippen MR) is 72.6 cm³/mol. The molecule has 1 rings (SSSR count). The third-order valence-electron chi connectivity index (χ3n) is 2.82. The van der Waals surface area contributed by atoms with E-state index in [4.69, 9.17) is 10.5 Å². The molecule has 4 nitrogen and oxygen atoms in total. The second-order valence-electron chi connectivity index (χ2n) is 4.27. The molecule has 0 bridgehead atoms. The monoisotopic (exact) mass is 250 g/mol. The molecule has 0 heterocycles. The van der Waals surface area contributed by atoms with E-state index in [1.54, 1.807) is 7.11 Å². The molecule has 0 radical (unpaired) electrons. The first-order valence-corrected chi connectivity index (χ1v) is 6.29. The zero-order chi connectivity index (χ0) is 13.4. The molecule has 1 aromatic rings. The van der Waals surface area contributed by atoms with Gasteiger partial charge in [0.1, 0.15) is 0 Å². The summed E-state index contributed by atoms with van der Waals surface area (Å²) >= 11 is 0. The fourth-order valence-corrected chi connectivity index (χ4v) is 1.81. The summed E-state index contributed by atoms with van der Waals surface area (Å²) < 4.78 is 4.94. The van der Waals surface area contributed by atoms with Crippen molar-refractivity contribution in [3.8, 4) is 0 Å². The lowest BCUT2D eigenvalue weighted by atomic mass is 10.0. The molecule has 18 heavy (non-hydrogen) atoms. The summed E-state index contributed by atoms with van der Waals surface area (Å²) in [6.07, 6.45) is 1.57. The predicted octanol–water partition coefficient (Wildman–Crippen LogP) is 1.34. The summed E-state index contributed by atoms with van der Waals surface area (Å²) in [5.41, 5.74) is 7.61. The lowest BCUT2D eigenvalue weighted by Gasteiger charge is -2.12. The molecular weight excluding hydrogens is 228 g/mol. The highest BCUT2D eigenvalue weighted by molar-refractivity contribution is 5.95. The van der Waals surface area contributed by atoms with Crippen LogP contribution in [-0.4, -0.2) is 32.2 Å². The molecule has 0 fully saturated rings. The molecule has 0 saturated carbocycles. The van der Waals surface area contributed by atoms with E-state index in [9.17, 15) is 4.79 Å². The highest BCUT2D eigenvalue weighted by Gasteiger charge is 2.09. The molecule has 0 aromatic heterocycles. The minimum absolute atomic E-state index is 0.0305. The van der Waals surface area contributed by atoms with Gasteiger partial charge in [0.25, 0.3) is 5.91 Å². The van der Waals surface area contributed by atoms with Gasteiger partial charge >= 0.3 is 0 Å². The average molecular weight is 250 g/mol. The van der Waals surface area contributed by atoms with Crippen molar-refractivity contribution in [2.24, 2.45) is 5.73 Å². The van der Waals surface area contributed by atoms with Crippen molar-refractivity contribution in [2.75, 3.05) is 20.3 Å². The van der Waals surface area contributed by atoms with E-state index < -0.39 is 0 Å². The number of nitrogens with one attached hydrogen (secondary N) is 1. The number of carbonyl (C=O) groups excluding carboxylic acids is 1. The molecule has 1 aromatic carbocycles. The van der Waals surface area contributed by atoms with Crippen LogP contribution in [0.25, 0.3) is 0 Å². The molecule has 4 heteroatoms. The van der Waals surface area contributed by atoms with Crippen LogP contribution < -0.4 is 11.1 Å². The van der Waals surface area contributed by atoms with Gasteiger partial charge < -0.3 is 15.8 Å². The van der Waals surface area contributed by atoms with E-state index in [1.165, 1.54) is 0 Å². The molecule has 0 spiro atoms. The van der Waals surface area contributed by atoms with Crippen LogP contribution in [0.5, 0.6) is 0 Å². The van der Waals surface area contributed by atoms with Crippen LogP contribution in [0, 0.1) is 0 Å². The van der Waals surface area contributed by atoms with Gasteiger partial charge in [-0.05, 0) is 24.5 Å². The van der Waals surface area contributed by atoms with E-state index in [-0.39, 0.29) is 11.9 Å². The molecule has 1 unspecified atom stereocenters. The number of carbonyl (C=O) groups is 1. The van der Waals surface area contributed by atoms with Gasteiger partial charge in [-0.3, -0.25) is 4.79 Å². The number of rotatable bonds is 7. The van der Waals surface area contributed by atoms with E-state index in [2.05, 4.69) is 5.32 Å². The highest BCUT2D eigenvalue weighted by Crippen LogP contribution is 2.09. The van der Waals surface area contributed by atoms with Gasteiger partial charge in [0.05, 0.1) is 6.61 Å². The zero-order valence-electron chi connectivity index (χ0n) is 11.1. The van der Waals surface area contributed by atoms with Crippen LogP contribution in [-0.2, 0) is 11.2 Å². The number of benzene rings is 1. The van der Waals surface area contributed by atoms with Crippen molar-refractivity contribution in [1.82, 2.24) is 5.32 Å². The summed E-state index contributed by atoms with van der Waals surface area (Å²) in [4.78, 5) is 12.0.